The monoisotopic (exact) mass is 233 g/mol. The first kappa shape index (κ1) is 12.4. The summed E-state index contributed by atoms with van der Waals surface area (Å²) in [6, 6.07) is 9.01. The van der Waals surface area contributed by atoms with Crippen molar-refractivity contribution in [2.75, 3.05) is 14.2 Å². The van der Waals surface area contributed by atoms with Crippen molar-refractivity contribution in [3.63, 3.8) is 0 Å². The summed E-state index contributed by atoms with van der Waals surface area (Å²) in [7, 11) is 3.80. The third-order valence-electron chi connectivity index (χ3n) is 3.87. The van der Waals surface area contributed by atoms with Crippen LogP contribution < -0.4 is 10.1 Å². The number of ether oxygens (including phenoxy) is 1. The van der Waals surface area contributed by atoms with E-state index >= 15 is 0 Å². The first-order chi connectivity index (χ1) is 8.31. The van der Waals surface area contributed by atoms with Crippen molar-refractivity contribution in [3.05, 3.63) is 29.8 Å². The van der Waals surface area contributed by atoms with Gasteiger partial charge in [0.15, 0.2) is 0 Å². The number of benzene rings is 1. The van der Waals surface area contributed by atoms with Crippen LogP contribution in [0.15, 0.2) is 24.3 Å². The van der Waals surface area contributed by atoms with Crippen LogP contribution in [0.2, 0.25) is 0 Å². The number of methoxy groups -OCH3 is 1. The molecule has 0 spiro atoms. The molecule has 17 heavy (non-hydrogen) atoms. The van der Waals surface area contributed by atoms with Gasteiger partial charge in [-0.05, 0) is 43.5 Å². The maximum Gasteiger partial charge on any atom is 0.119 e. The van der Waals surface area contributed by atoms with Crippen LogP contribution in [0.4, 0.5) is 0 Å². The summed E-state index contributed by atoms with van der Waals surface area (Å²) in [5.74, 6) is 1.92. The van der Waals surface area contributed by atoms with Crippen molar-refractivity contribution in [1.82, 2.24) is 5.32 Å². The number of rotatable bonds is 6. The molecule has 0 bridgehead atoms. The summed E-state index contributed by atoms with van der Waals surface area (Å²) < 4.78 is 5.26. The van der Waals surface area contributed by atoms with Gasteiger partial charge < -0.3 is 10.1 Å². The van der Waals surface area contributed by atoms with Crippen LogP contribution in [0.25, 0.3) is 0 Å². The molecule has 1 aromatic rings. The van der Waals surface area contributed by atoms with E-state index in [1.54, 1.807) is 7.11 Å². The second-order valence-corrected chi connectivity index (χ2v) is 5.07. The summed E-state index contributed by atoms with van der Waals surface area (Å²) >= 11 is 0. The fraction of sp³-hybridized carbons (Fsp3) is 0.600. The van der Waals surface area contributed by atoms with Crippen molar-refractivity contribution in [3.8, 4) is 5.75 Å². The Morgan fingerprint density at radius 3 is 2.82 bits per heavy atom. The second-order valence-electron chi connectivity index (χ2n) is 5.07. The van der Waals surface area contributed by atoms with Crippen LogP contribution in [0.1, 0.15) is 31.2 Å². The minimum atomic E-state index is 0.604. The van der Waals surface area contributed by atoms with Crippen LogP contribution in [0, 0.1) is 5.92 Å². The summed E-state index contributed by atoms with van der Waals surface area (Å²) in [5.41, 5.74) is 1.36. The maximum absolute atomic E-state index is 5.26. The Morgan fingerprint density at radius 2 is 2.24 bits per heavy atom. The van der Waals surface area contributed by atoms with Gasteiger partial charge in [0.25, 0.3) is 0 Å². The first-order valence-electron chi connectivity index (χ1n) is 6.62. The number of hydrogen-bond donors (Lipinski definition) is 1. The van der Waals surface area contributed by atoms with Gasteiger partial charge in [-0.3, -0.25) is 0 Å². The molecule has 1 aromatic carbocycles. The predicted octanol–water partition coefficient (Wildman–Crippen LogP) is 3.02. The predicted molar refractivity (Wildman–Crippen MR) is 71.5 cm³/mol. The molecule has 2 rings (SSSR count). The SMILES string of the molecule is CNC(Cc1cccc(OC)c1)CC1CCC1. The van der Waals surface area contributed by atoms with Crippen LogP contribution in [0.5, 0.6) is 5.75 Å². The molecule has 1 fully saturated rings. The lowest BCUT2D eigenvalue weighted by Crippen LogP contribution is -2.31. The van der Waals surface area contributed by atoms with Crippen LogP contribution >= 0.6 is 0 Å². The molecule has 1 unspecified atom stereocenters. The van der Waals surface area contributed by atoms with Gasteiger partial charge in [-0.1, -0.05) is 31.4 Å². The molecule has 2 heteroatoms. The lowest BCUT2D eigenvalue weighted by Gasteiger charge is -2.29. The van der Waals surface area contributed by atoms with E-state index in [1.807, 2.05) is 6.07 Å². The molecule has 1 N–H and O–H groups in total. The zero-order valence-electron chi connectivity index (χ0n) is 10.9. The van der Waals surface area contributed by atoms with E-state index in [0.29, 0.717) is 6.04 Å². The van der Waals surface area contributed by atoms with E-state index in [1.165, 1.54) is 31.2 Å². The van der Waals surface area contributed by atoms with E-state index < -0.39 is 0 Å². The normalized spacial score (nSPS) is 17.5. The highest BCUT2D eigenvalue weighted by Gasteiger charge is 2.21. The molecule has 0 heterocycles. The highest BCUT2D eigenvalue weighted by atomic mass is 16.5. The summed E-state index contributed by atoms with van der Waals surface area (Å²) in [6.07, 6.45) is 6.70. The largest absolute Gasteiger partial charge is 0.497 e. The molecule has 1 atom stereocenters. The van der Waals surface area contributed by atoms with Crippen molar-refractivity contribution in [2.24, 2.45) is 5.92 Å². The van der Waals surface area contributed by atoms with Crippen molar-refractivity contribution >= 4 is 0 Å². The third-order valence-corrected chi connectivity index (χ3v) is 3.87. The first-order valence-corrected chi connectivity index (χ1v) is 6.62. The van der Waals surface area contributed by atoms with Gasteiger partial charge in [0, 0.05) is 6.04 Å². The Labute approximate surface area is 104 Å². The Balaban J connectivity index is 1.91. The smallest absolute Gasteiger partial charge is 0.119 e. The summed E-state index contributed by atoms with van der Waals surface area (Å²) in [6.45, 7) is 0. The topological polar surface area (TPSA) is 21.3 Å². The summed E-state index contributed by atoms with van der Waals surface area (Å²) in [4.78, 5) is 0. The van der Waals surface area contributed by atoms with Crippen LogP contribution in [0.3, 0.4) is 0 Å². The Bertz CT molecular complexity index is 347. The lowest BCUT2D eigenvalue weighted by molar-refractivity contribution is 0.263. The van der Waals surface area contributed by atoms with Crippen molar-refractivity contribution < 1.29 is 4.74 Å². The van der Waals surface area contributed by atoms with Gasteiger partial charge in [-0.25, -0.2) is 0 Å². The highest BCUT2D eigenvalue weighted by molar-refractivity contribution is 5.28. The standard InChI is InChI=1S/C15H23NO/c1-16-14(9-12-5-3-6-12)10-13-7-4-8-15(11-13)17-2/h4,7-8,11-12,14,16H,3,5-6,9-10H2,1-2H3. The van der Waals surface area contributed by atoms with Gasteiger partial charge in [-0.2, -0.15) is 0 Å². The molecule has 1 aliphatic rings. The molecule has 1 aliphatic carbocycles. The van der Waals surface area contributed by atoms with Gasteiger partial charge in [0.2, 0.25) is 0 Å². The van der Waals surface area contributed by atoms with E-state index in [-0.39, 0.29) is 0 Å². The number of hydrogen-bond acceptors (Lipinski definition) is 2. The number of likely N-dealkylation sites (N-methyl/N-ethyl adjacent to an activating group) is 1. The van der Waals surface area contributed by atoms with Crippen molar-refractivity contribution in [2.45, 2.75) is 38.1 Å². The zero-order valence-corrected chi connectivity index (χ0v) is 10.9. The molecular weight excluding hydrogens is 210 g/mol. The molecule has 0 amide bonds. The van der Waals surface area contributed by atoms with E-state index in [0.717, 1.165) is 18.1 Å². The molecule has 0 radical (unpaired) electrons. The Kier molecular flexibility index (Phi) is 4.43. The maximum atomic E-state index is 5.26. The molecule has 94 valence electrons. The molecule has 0 aromatic heterocycles. The molecule has 2 nitrogen and oxygen atoms in total. The van der Waals surface area contributed by atoms with Gasteiger partial charge in [-0.15, -0.1) is 0 Å². The van der Waals surface area contributed by atoms with Gasteiger partial charge >= 0.3 is 0 Å². The third kappa shape index (κ3) is 3.47. The zero-order chi connectivity index (χ0) is 12.1. The van der Waals surface area contributed by atoms with E-state index in [9.17, 15) is 0 Å². The average Bonchev–Trinajstić information content (AvgIpc) is 2.32. The molecular formula is C15H23NO. The Hall–Kier alpha value is -1.02. The van der Waals surface area contributed by atoms with Crippen LogP contribution in [-0.2, 0) is 6.42 Å². The lowest BCUT2D eigenvalue weighted by atomic mass is 9.80. The van der Waals surface area contributed by atoms with Gasteiger partial charge in [0.1, 0.15) is 5.75 Å². The second kappa shape index (κ2) is 6.06. The molecule has 1 saturated carbocycles. The molecule has 0 saturated heterocycles. The highest BCUT2D eigenvalue weighted by Crippen LogP contribution is 2.31. The quantitative estimate of drug-likeness (QED) is 0.815. The van der Waals surface area contributed by atoms with Crippen molar-refractivity contribution in [1.29, 1.82) is 0 Å². The van der Waals surface area contributed by atoms with E-state index in [2.05, 4.69) is 30.6 Å². The minimum Gasteiger partial charge on any atom is -0.497 e. The number of nitrogens with one attached hydrogen (secondary N) is 1. The minimum absolute atomic E-state index is 0.604. The fourth-order valence-corrected chi connectivity index (χ4v) is 2.52. The van der Waals surface area contributed by atoms with E-state index in [4.69, 9.17) is 4.74 Å². The average molecular weight is 233 g/mol. The molecule has 0 aliphatic heterocycles. The fourth-order valence-electron chi connectivity index (χ4n) is 2.52. The van der Waals surface area contributed by atoms with Gasteiger partial charge in [0.05, 0.1) is 7.11 Å². The summed E-state index contributed by atoms with van der Waals surface area (Å²) in [5, 5.41) is 3.45. The van der Waals surface area contributed by atoms with Crippen LogP contribution in [-0.4, -0.2) is 20.2 Å². The Morgan fingerprint density at radius 1 is 1.41 bits per heavy atom.